The summed E-state index contributed by atoms with van der Waals surface area (Å²) in [6.45, 7) is 15.5. The Bertz CT molecular complexity index is 269. The van der Waals surface area contributed by atoms with Crippen molar-refractivity contribution < 1.29 is 0 Å². The third-order valence-corrected chi connectivity index (χ3v) is 5.66. The third-order valence-electron chi connectivity index (χ3n) is 5.66. The minimum Gasteiger partial charge on any atom is -0.314 e. The van der Waals surface area contributed by atoms with Crippen LogP contribution < -0.4 is 5.32 Å². The van der Waals surface area contributed by atoms with E-state index in [4.69, 9.17) is 0 Å². The molecule has 1 aliphatic heterocycles. The largest absolute Gasteiger partial charge is 0.314 e. The zero-order valence-corrected chi connectivity index (χ0v) is 13.7. The molecule has 2 heteroatoms. The lowest BCUT2D eigenvalue weighted by molar-refractivity contribution is -0.0269. The van der Waals surface area contributed by atoms with Crippen LogP contribution in [0.4, 0.5) is 0 Å². The Labute approximate surface area is 120 Å². The molecule has 2 fully saturated rings. The van der Waals surface area contributed by atoms with Crippen LogP contribution in [-0.4, -0.2) is 36.6 Å². The quantitative estimate of drug-likeness (QED) is 0.819. The van der Waals surface area contributed by atoms with Crippen molar-refractivity contribution in [2.24, 2.45) is 17.3 Å². The van der Waals surface area contributed by atoms with Crippen molar-refractivity contribution in [3.63, 3.8) is 0 Å². The molecule has 0 aromatic heterocycles. The molecule has 1 unspecified atom stereocenters. The highest BCUT2D eigenvalue weighted by Gasteiger charge is 2.45. The van der Waals surface area contributed by atoms with Gasteiger partial charge in [-0.1, -0.05) is 27.7 Å². The lowest BCUT2D eigenvalue weighted by atomic mass is 9.57. The van der Waals surface area contributed by atoms with Crippen molar-refractivity contribution >= 4 is 0 Å². The van der Waals surface area contributed by atoms with Crippen LogP contribution in [0.15, 0.2) is 0 Å². The molecule has 2 nitrogen and oxygen atoms in total. The number of hydrogen-bond donors (Lipinski definition) is 1. The number of nitrogens with one attached hydrogen (secondary N) is 1. The van der Waals surface area contributed by atoms with Crippen LogP contribution >= 0.6 is 0 Å². The predicted octanol–water partition coefficient (Wildman–Crippen LogP) is 3.52. The maximum atomic E-state index is 3.60. The van der Waals surface area contributed by atoms with Crippen molar-refractivity contribution in [1.82, 2.24) is 10.2 Å². The van der Waals surface area contributed by atoms with E-state index in [9.17, 15) is 0 Å². The van der Waals surface area contributed by atoms with Gasteiger partial charge in [0, 0.05) is 12.1 Å². The Kier molecular flexibility index (Phi) is 4.94. The van der Waals surface area contributed by atoms with Crippen LogP contribution in [0.25, 0.3) is 0 Å². The summed E-state index contributed by atoms with van der Waals surface area (Å²) in [5.41, 5.74) is 0.733. The summed E-state index contributed by atoms with van der Waals surface area (Å²) in [5, 5.41) is 3.60. The fourth-order valence-electron chi connectivity index (χ4n) is 3.95. The molecule has 1 spiro atoms. The van der Waals surface area contributed by atoms with Gasteiger partial charge in [-0.2, -0.15) is 0 Å². The van der Waals surface area contributed by atoms with Crippen LogP contribution in [0.1, 0.15) is 60.3 Å². The molecule has 112 valence electrons. The fourth-order valence-corrected chi connectivity index (χ4v) is 3.95. The van der Waals surface area contributed by atoms with Gasteiger partial charge in [-0.3, -0.25) is 0 Å². The van der Waals surface area contributed by atoms with Gasteiger partial charge < -0.3 is 10.2 Å². The van der Waals surface area contributed by atoms with Gasteiger partial charge >= 0.3 is 0 Å². The molecule has 1 saturated carbocycles. The highest BCUT2D eigenvalue weighted by atomic mass is 15.2. The Morgan fingerprint density at radius 1 is 1.05 bits per heavy atom. The van der Waals surface area contributed by atoms with E-state index in [2.05, 4.69) is 44.8 Å². The van der Waals surface area contributed by atoms with E-state index < -0.39 is 0 Å². The Morgan fingerprint density at radius 2 is 1.63 bits per heavy atom. The van der Waals surface area contributed by atoms with Crippen LogP contribution in [0.5, 0.6) is 0 Å². The summed E-state index contributed by atoms with van der Waals surface area (Å²) in [4.78, 5) is 2.72. The lowest BCUT2D eigenvalue weighted by Crippen LogP contribution is -2.52. The van der Waals surface area contributed by atoms with E-state index >= 15 is 0 Å². The maximum Gasteiger partial charge on any atom is 0.00899 e. The minimum atomic E-state index is 0.644. The average Bonchev–Trinajstić information content (AvgIpc) is 2.33. The molecule has 0 bridgehead atoms. The Balaban J connectivity index is 1.70. The third kappa shape index (κ3) is 3.72. The van der Waals surface area contributed by atoms with Crippen LogP contribution in [-0.2, 0) is 0 Å². The number of hydrogen-bond acceptors (Lipinski definition) is 2. The summed E-state index contributed by atoms with van der Waals surface area (Å²) < 4.78 is 0. The second kappa shape index (κ2) is 6.13. The molecular weight excluding hydrogens is 232 g/mol. The van der Waals surface area contributed by atoms with E-state index in [1.807, 2.05) is 0 Å². The van der Waals surface area contributed by atoms with Gasteiger partial charge in [-0.15, -0.1) is 0 Å². The van der Waals surface area contributed by atoms with Crippen molar-refractivity contribution in [2.45, 2.75) is 72.4 Å². The van der Waals surface area contributed by atoms with Gasteiger partial charge in [0.15, 0.2) is 0 Å². The first kappa shape index (κ1) is 15.3. The average molecular weight is 266 g/mol. The zero-order chi connectivity index (χ0) is 14.0. The molecule has 19 heavy (non-hydrogen) atoms. The van der Waals surface area contributed by atoms with Gasteiger partial charge in [0.25, 0.3) is 0 Å². The fraction of sp³-hybridized carbons (Fsp3) is 1.00. The molecule has 1 N–H and O–H groups in total. The van der Waals surface area contributed by atoms with Gasteiger partial charge in [0.1, 0.15) is 0 Å². The van der Waals surface area contributed by atoms with Gasteiger partial charge in [0.2, 0.25) is 0 Å². The first-order valence-corrected chi connectivity index (χ1v) is 8.39. The molecule has 2 aliphatic rings. The maximum absolute atomic E-state index is 3.60. The van der Waals surface area contributed by atoms with Gasteiger partial charge in [-0.25, -0.2) is 0 Å². The topological polar surface area (TPSA) is 15.3 Å². The van der Waals surface area contributed by atoms with Crippen molar-refractivity contribution in [3.8, 4) is 0 Å². The summed E-state index contributed by atoms with van der Waals surface area (Å²) in [6, 6.07) is 1.40. The second-order valence-corrected chi connectivity index (χ2v) is 7.86. The first-order valence-electron chi connectivity index (χ1n) is 8.39. The first-order chi connectivity index (χ1) is 8.92. The van der Waals surface area contributed by atoms with Crippen molar-refractivity contribution in [2.75, 3.05) is 19.6 Å². The van der Waals surface area contributed by atoms with Crippen molar-refractivity contribution in [1.29, 1.82) is 0 Å². The molecule has 0 aromatic carbocycles. The van der Waals surface area contributed by atoms with E-state index in [1.54, 1.807) is 0 Å². The van der Waals surface area contributed by atoms with Crippen molar-refractivity contribution in [3.05, 3.63) is 0 Å². The van der Waals surface area contributed by atoms with Gasteiger partial charge in [-0.05, 0) is 69.5 Å². The molecule has 1 heterocycles. The van der Waals surface area contributed by atoms with E-state index in [1.165, 1.54) is 45.3 Å². The molecule has 2 rings (SSSR count). The van der Waals surface area contributed by atoms with E-state index in [-0.39, 0.29) is 0 Å². The minimum absolute atomic E-state index is 0.644. The second-order valence-electron chi connectivity index (χ2n) is 7.86. The number of likely N-dealkylation sites (tertiary alicyclic amines) is 1. The monoisotopic (exact) mass is 266 g/mol. The highest BCUT2D eigenvalue weighted by Crippen LogP contribution is 2.52. The lowest BCUT2D eigenvalue weighted by Gasteiger charge is -2.53. The summed E-state index contributed by atoms with van der Waals surface area (Å²) in [5.74, 6) is 1.75. The van der Waals surface area contributed by atoms with Crippen LogP contribution in [0.2, 0.25) is 0 Å². The predicted molar refractivity (Wildman–Crippen MR) is 83.4 cm³/mol. The molecular formula is C17H34N2. The summed E-state index contributed by atoms with van der Waals surface area (Å²) in [7, 11) is 0. The normalized spacial score (nSPS) is 26.1. The molecule has 1 saturated heterocycles. The summed E-state index contributed by atoms with van der Waals surface area (Å²) >= 11 is 0. The molecule has 1 atom stereocenters. The zero-order valence-electron chi connectivity index (χ0n) is 13.7. The van der Waals surface area contributed by atoms with E-state index in [0.717, 1.165) is 23.3 Å². The SMILES string of the molecule is CC(C)NCC1CC2(CCN(C(C)C(C)C)CC2)C1. The van der Waals surface area contributed by atoms with Crippen LogP contribution in [0.3, 0.4) is 0 Å². The number of piperidine rings is 1. The van der Waals surface area contributed by atoms with Crippen LogP contribution in [0, 0.1) is 17.3 Å². The molecule has 0 radical (unpaired) electrons. The molecule has 0 aromatic rings. The smallest absolute Gasteiger partial charge is 0.00899 e. The summed E-state index contributed by atoms with van der Waals surface area (Å²) in [6.07, 6.45) is 5.86. The molecule has 1 aliphatic carbocycles. The van der Waals surface area contributed by atoms with E-state index in [0.29, 0.717) is 6.04 Å². The highest BCUT2D eigenvalue weighted by molar-refractivity contribution is 4.98. The Hall–Kier alpha value is -0.0800. The standard InChI is InChI=1S/C17H34N2/c1-13(2)15(5)19-8-6-17(7-9-19)10-16(11-17)12-18-14(3)4/h13-16,18H,6-12H2,1-5H3. The molecule has 0 amide bonds. The number of nitrogens with zero attached hydrogens (tertiary/aromatic N) is 1. The van der Waals surface area contributed by atoms with Gasteiger partial charge in [0.05, 0.1) is 0 Å². The number of rotatable bonds is 5. The Morgan fingerprint density at radius 3 is 2.11 bits per heavy atom.